The molecule has 0 aliphatic heterocycles. The third-order valence-electron chi connectivity index (χ3n) is 2.27. The number of nitrogens with zero attached hydrogens (tertiary/aromatic N) is 1. The Balaban J connectivity index is 3.05. The number of nitro groups is 1. The smallest absolute Gasteiger partial charge is 0.273 e. The summed E-state index contributed by atoms with van der Waals surface area (Å²) < 4.78 is 17.9. The van der Waals surface area contributed by atoms with Crippen molar-refractivity contribution in [1.82, 2.24) is 0 Å². The average Bonchev–Trinajstić information content (AvgIpc) is 2.34. The van der Waals surface area contributed by atoms with Gasteiger partial charge in [-0.3, -0.25) is 14.5 Å². The first kappa shape index (κ1) is 13.4. The molecule has 0 saturated heterocycles. The van der Waals surface area contributed by atoms with E-state index in [1.807, 2.05) is 6.92 Å². The number of non-ortho nitro benzene ring substituents is 1. The van der Waals surface area contributed by atoms with E-state index >= 15 is 0 Å². The van der Waals surface area contributed by atoms with Gasteiger partial charge >= 0.3 is 0 Å². The van der Waals surface area contributed by atoms with Crippen molar-refractivity contribution in [2.75, 3.05) is 13.3 Å². The van der Waals surface area contributed by atoms with Crippen LogP contribution in [-0.2, 0) is 0 Å². The summed E-state index contributed by atoms with van der Waals surface area (Å²) >= 11 is 0. The van der Waals surface area contributed by atoms with Gasteiger partial charge in [0.2, 0.25) is 0 Å². The molecule has 17 heavy (non-hydrogen) atoms. The molecular weight excluding hydrogens is 225 g/mol. The highest BCUT2D eigenvalue weighted by Crippen LogP contribution is 2.27. The lowest BCUT2D eigenvalue weighted by Gasteiger charge is -2.10. The van der Waals surface area contributed by atoms with Crippen molar-refractivity contribution in [3.8, 4) is 5.75 Å². The lowest BCUT2D eigenvalue weighted by atomic mass is 10.0. The minimum atomic E-state index is -0.631. The maximum atomic E-state index is 12.5. The Kier molecular flexibility index (Phi) is 4.87. The molecule has 0 amide bonds. The number of ether oxygens (including phenoxy) is 1. The van der Waals surface area contributed by atoms with Crippen LogP contribution in [-0.4, -0.2) is 18.2 Å². The summed E-state index contributed by atoms with van der Waals surface area (Å²) in [6, 6.07) is 4.33. The van der Waals surface area contributed by atoms with Gasteiger partial charge in [-0.2, -0.15) is 0 Å². The number of rotatable bonds is 6. The molecule has 0 atom stereocenters. The van der Waals surface area contributed by atoms with Gasteiger partial charge in [-0.15, -0.1) is 0 Å². The SMILES string of the molecule is CCCOc1cc([C](C)CF)cc([N+](=O)[O-])c1. The van der Waals surface area contributed by atoms with Crippen molar-refractivity contribution in [3.63, 3.8) is 0 Å². The second-order valence-electron chi connectivity index (χ2n) is 3.74. The Hall–Kier alpha value is -1.65. The van der Waals surface area contributed by atoms with Crippen molar-refractivity contribution in [3.05, 3.63) is 39.8 Å². The van der Waals surface area contributed by atoms with E-state index in [-0.39, 0.29) is 5.69 Å². The zero-order valence-electron chi connectivity index (χ0n) is 9.90. The summed E-state index contributed by atoms with van der Waals surface area (Å²) in [5, 5.41) is 10.7. The van der Waals surface area contributed by atoms with Crippen LogP contribution in [0.15, 0.2) is 18.2 Å². The summed E-state index contributed by atoms with van der Waals surface area (Å²) in [7, 11) is 0. The molecule has 1 aromatic rings. The molecule has 0 N–H and O–H groups in total. The quantitative estimate of drug-likeness (QED) is 0.566. The topological polar surface area (TPSA) is 52.4 Å². The van der Waals surface area contributed by atoms with E-state index in [1.54, 1.807) is 13.0 Å². The number of halogens is 1. The first-order valence-corrected chi connectivity index (χ1v) is 5.39. The van der Waals surface area contributed by atoms with Crippen LogP contribution >= 0.6 is 0 Å². The summed E-state index contributed by atoms with van der Waals surface area (Å²) in [6.45, 7) is 3.39. The lowest BCUT2D eigenvalue weighted by Crippen LogP contribution is -2.01. The maximum absolute atomic E-state index is 12.5. The normalized spacial score (nSPS) is 10.6. The fourth-order valence-electron chi connectivity index (χ4n) is 1.32. The monoisotopic (exact) mass is 240 g/mol. The first-order valence-electron chi connectivity index (χ1n) is 5.39. The van der Waals surface area contributed by atoms with E-state index in [4.69, 9.17) is 4.74 Å². The van der Waals surface area contributed by atoms with Crippen LogP contribution in [0.3, 0.4) is 0 Å². The van der Waals surface area contributed by atoms with E-state index in [2.05, 4.69) is 0 Å². The third-order valence-corrected chi connectivity index (χ3v) is 2.27. The van der Waals surface area contributed by atoms with Crippen molar-refractivity contribution < 1.29 is 14.1 Å². The number of alkyl halides is 1. The molecule has 1 aromatic carbocycles. The standard InChI is InChI=1S/C12H15FNO3/c1-3-4-17-12-6-10(9(2)8-13)5-11(7-12)14(15)16/h5-7H,3-4,8H2,1-2H3. The second-order valence-corrected chi connectivity index (χ2v) is 3.74. The molecule has 4 nitrogen and oxygen atoms in total. The van der Waals surface area contributed by atoms with Crippen molar-refractivity contribution in [1.29, 1.82) is 0 Å². The lowest BCUT2D eigenvalue weighted by molar-refractivity contribution is -0.385. The van der Waals surface area contributed by atoms with Crippen LogP contribution in [0.4, 0.5) is 10.1 Å². The molecule has 0 spiro atoms. The molecule has 0 aliphatic carbocycles. The molecular formula is C12H15FNO3. The van der Waals surface area contributed by atoms with Gasteiger partial charge in [0.15, 0.2) is 0 Å². The molecule has 0 saturated carbocycles. The Morgan fingerprint density at radius 3 is 2.71 bits per heavy atom. The van der Waals surface area contributed by atoms with E-state index in [1.165, 1.54) is 12.1 Å². The van der Waals surface area contributed by atoms with Gasteiger partial charge in [0, 0.05) is 12.0 Å². The Morgan fingerprint density at radius 2 is 2.18 bits per heavy atom. The largest absolute Gasteiger partial charge is 0.493 e. The van der Waals surface area contributed by atoms with Gasteiger partial charge in [-0.05, 0) is 18.1 Å². The molecule has 0 fully saturated rings. The van der Waals surface area contributed by atoms with Crippen LogP contribution in [0.1, 0.15) is 25.8 Å². The van der Waals surface area contributed by atoms with Crippen LogP contribution in [0.2, 0.25) is 0 Å². The molecule has 93 valence electrons. The van der Waals surface area contributed by atoms with Crippen LogP contribution in [0, 0.1) is 16.0 Å². The molecule has 1 rings (SSSR count). The van der Waals surface area contributed by atoms with Crippen LogP contribution in [0.25, 0.3) is 0 Å². The number of benzene rings is 1. The van der Waals surface area contributed by atoms with Gasteiger partial charge in [-0.25, -0.2) is 0 Å². The molecule has 0 aliphatic rings. The van der Waals surface area contributed by atoms with Crippen molar-refractivity contribution >= 4 is 5.69 Å². The summed E-state index contributed by atoms with van der Waals surface area (Å²) in [4.78, 5) is 10.2. The second kappa shape index (κ2) is 6.18. The maximum Gasteiger partial charge on any atom is 0.273 e. The zero-order valence-corrected chi connectivity index (χ0v) is 9.90. The highest BCUT2D eigenvalue weighted by atomic mass is 19.1. The van der Waals surface area contributed by atoms with E-state index in [0.717, 1.165) is 6.42 Å². The van der Waals surface area contributed by atoms with Gasteiger partial charge < -0.3 is 4.74 Å². The Morgan fingerprint density at radius 1 is 1.47 bits per heavy atom. The highest BCUT2D eigenvalue weighted by molar-refractivity contribution is 5.47. The molecule has 0 aromatic heterocycles. The molecule has 0 heterocycles. The van der Waals surface area contributed by atoms with E-state index < -0.39 is 11.6 Å². The van der Waals surface area contributed by atoms with Crippen LogP contribution < -0.4 is 4.74 Å². The fraction of sp³-hybridized carbons (Fsp3) is 0.417. The van der Waals surface area contributed by atoms with Gasteiger partial charge in [0.25, 0.3) is 5.69 Å². The van der Waals surface area contributed by atoms with Gasteiger partial charge in [0.05, 0.1) is 24.3 Å². The molecule has 1 radical (unpaired) electrons. The summed E-state index contributed by atoms with van der Waals surface area (Å²) in [6.07, 6.45) is 0.809. The minimum Gasteiger partial charge on any atom is -0.493 e. The number of nitro benzene ring substituents is 1. The Labute approximate surface area is 99.6 Å². The fourth-order valence-corrected chi connectivity index (χ4v) is 1.32. The summed E-state index contributed by atoms with van der Waals surface area (Å²) in [5.74, 6) is 0.860. The average molecular weight is 240 g/mol. The predicted molar refractivity (Wildman–Crippen MR) is 62.9 cm³/mol. The van der Waals surface area contributed by atoms with Crippen molar-refractivity contribution in [2.45, 2.75) is 20.3 Å². The summed E-state index contributed by atoms with van der Waals surface area (Å²) in [5.41, 5.74) is 0.425. The van der Waals surface area contributed by atoms with E-state index in [9.17, 15) is 14.5 Å². The number of hydrogen-bond donors (Lipinski definition) is 0. The highest BCUT2D eigenvalue weighted by Gasteiger charge is 2.14. The van der Waals surface area contributed by atoms with Crippen molar-refractivity contribution in [2.24, 2.45) is 0 Å². The zero-order chi connectivity index (χ0) is 12.8. The van der Waals surface area contributed by atoms with Gasteiger partial charge in [0.1, 0.15) is 5.75 Å². The molecule has 5 heteroatoms. The molecule has 0 bridgehead atoms. The number of hydrogen-bond acceptors (Lipinski definition) is 3. The van der Waals surface area contributed by atoms with Crippen LogP contribution in [0.5, 0.6) is 5.75 Å². The Bertz CT molecular complexity index is 395. The van der Waals surface area contributed by atoms with E-state index in [0.29, 0.717) is 23.8 Å². The third kappa shape index (κ3) is 3.69. The minimum absolute atomic E-state index is 0.0820. The molecule has 0 unspecified atom stereocenters. The first-order chi connectivity index (χ1) is 8.08. The van der Waals surface area contributed by atoms with Gasteiger partial charge in [-0.1, -0.05) is 13.8 Å². The predicted octanol–water partition coefficient (Wildman–Crippen LogP) is 3.30.